The zero-order valence-corrected chi connectivity index (χ0v) is 16.6. The van der Waals surface area contributed by atoms with Gasteiger partial charge in [0.05, 0.1) is 17.9 Å². The Morgan fingerprint density at radius 3 is 2.76 bits per heavy atom. The molecule has 1 aliphatic rings. The van der Waals surface area contributed by atoms with Crippen LogP contribution in [-0.4, -0.2) is 34.5 Å². The summed E-state index contributed by atoms with van der Waals surface area (Å²) in [7, 11) is 0. The van der Waals surface area contributed by atoms with E-state index in [1.54, 1.807) is 30.0 Å². The van der Waals surface area contributed by atoms with Crippen LogP contribution in [0.15, 0.2) is 30.5 Å². The molecule has 152 valence electrons. The molecule has 2 amide bonds. The number of aromatic nitrogens is 1. The number of piperidine rings is 1. The van der Waals surface area contributed by atoms with Gasteiger partial charge in [-0.3, -0.25) is 9.59 Å². The number of benzene rings is 1. The maximum atomic E-state index is 13.0. The van der Waals surface area contributed by atoms with Gasteiger partial charge in [-0.05, 0) is 48.9 Å². The van der Waals surface area contributed by atoms with E-state index in [-0.39, 0.29) is 12.0 Å². The lowest BCUT2D eigenvalue weighted by atomic mass is 9.87. The Morgan fingerprint density at radius 2 is 2.07 bits per heavy atom. The number of likely N-dealkylation sites (tertiary alicyclic amines) is 1. The molecule has 29 heavy (non-hydrogen) atoms. The summed E-state index contributed by atoms with van der Waals surface area (Å²) in [6.45, 7) is 4.29. The van der Waals surface area contributed by atoms with Crippen LogP contribution < -0.4 is 16.8 Å². The van der Waals surface area contributed by atoms with Crippen molar-refractivity contribution in [2.45, 2.75) is 32.7 Å². The van der Waals surface area contributed by atoms with E-state index in [9.17, 15) is 9.59 Å². The van der Waals surface area contributed by atoms with Gasteiger partial charge in [0.25, 0.3) is 0 Å². The number of anilines is 3. The number of nitrogens with one attached hydrogen (secondary N) is 2. The normalized spacial score (nSPS) is 18.9. The molecule has 1 unspecified atom stereocenters. The summed E-state index contributed by atoms with van der Waals surface area (Å²) < 4.78 is 0. The van der Waals surface area contributed by atoms with E-state index in [0.717, 1.165) is 17.5 Å². The van der Waals surface area contributed by atoms with Crippen LogP contribution in [0, 0.1) is 18.3 Å². The van der Waals surface area contributed by atoms with E-state index in [4.69, 9.17) is 16.9 Å². The molecule has 2 aromatic rings. The Bertz CT molecular complexity index is 958. The standard InChI is InChI=1S/C21H26N6O2/c1-12-6-7-18(15-4-3-5-17(23)16(15)9-22)27(11-12)21(29)20(28)26-14-8-13(2)19(24)25-10-14/h3-5,8-10,12,18,22H,6-7,11,23H2,1-2H3,(H2,24,25)(H,26,28)/t12-,18?/m0/s1. The third-order valence-electron chi connectivity index (χ3n) is 5.33. The maximum Gasteiger partial charge on any atom is 0.313 e. The number of nitrogens with zero attached hydrogens (tertiary/aromatic N) is 2. The average molecular weight is 394 g/mol. The number of nitrogen functional groups attached to an aromatic ring is 2. The van der Waals surface area contributed by atoms with Gasteiger partial charge < -0.3 is 27.1 Å². The third-order valence-corrected chi connectivity index (χ3v) is 5.33. The molecule has 0 aliphatic carbocycles. The number of amides is 2. The minimum absolute atomic E-state index is 0.271. The van der Waals surface area contributed by atoms with Crippen molar-refractivity contribution >= 4 is 35.2 Å². The molecule has 6 N–H and O–H groups in total. The summed E-state index contributed by atoms with van der Waals surface area (Å²) in [5.41, 5.74) is 14.7. The topological polar surface area (TPSA) is 138 Å². The predicted molar refractivity (Wildman–Crippen MR) is 114 cm³/mol. The molecule has 2 atom stereocenters. The van der Waals surface area contributed by atoms with Crippen molar-refractivity contribution in [2.75, 3.05) is 23.3 Å². The molecule has 0 radical (unpaired) electrons. The van der Waals surface area contributed by atoms with Crippen molar-refractivity contribution in [1.82, 2.24) is 9.88 Å². The molecule has 1 aromatic carbocycles. The first-order chi connectivity index (χ1) is 13.8. The summed E-state index contributed by atoms with van der Waals surface area (Å²) in [4.78, 5) is 31.3. The Balaban J connectivity index is 1.87. The highest BCUT2D eigenvalue weighted by molar-refractivity contribution is 6.39. The number of nitrogens with two attached hydrogens (primary N) is 2. The maximum absolute atomic E-state index is 13.0. The van der Waals surface area contributed by atoms with Crippen LogP contribution >= 0.6 is 0 Å². The zero-order valence-electron chi connectivity index (χ0n) is 16.6. The lowest BCUT2D eigenvalue weighted by molar-refractivity contribution is -0.146. The van der Waals surface area contributed by atoms with E-state index in [1.165, 1.54) is 12.4 Å². The smallest absolute Gasteiger partial charge is 0.313 e. The lowest BCUT2D eigenvalue weighted by Gasteiger charge is -2.39. The first-order valence-corrected chi connectivity index (χ1v) is 9.54. The van der Waals surface area contributed by atoms with Crippen LogP contribution in [0.25, 0.3) is 0 Å². The van der Waals surface area contributed by atoms with Crippen molar-refractivity contribution in [2.24, 2.45) is 5.92 Å². The second kappa shape index (κ2) is 8.30. The molecule has 0 spiro atoms. The molecule has 1 saturated heterocycles. The molecular weight excluding hydrogens is 368 g/mol. The molecule has 8 heteroatoms. The SMILES string of the molecule is Cc1cc(NC(=O)C(=O)N2C[C@@H](C)CCC2c2cccc(N)c2C=N)cnc1N. The van der Waals surface area contributed by atoms with Crippen LogP contribution in [0.1, 0.15) is 42.5 Å². The molecule has 0 bridgehead atoms. The van der Waals surface area contributed by atoms with Gasteiger partial charge in [0.15, 0.2) is 0 Å². The van der Waals surface area contributed by atoms with Gasteiger partial charge in [0.2, 0.25) is 0 Å². The molecule has 3 rings (SSSR count). The first kappa shape index (κ1) is 20.3. The van der Waals surface area contributed by atoms with Crippen LogP contribution in [0.5, 0.6) is 0 Å². The molecule has 2 heterocycles. The summed E-state index contributed by atoms with van der Waals surface area (Å²) in [6, 6.07) is 6.76. The van der Waals surface area contributed by atoms with Crippen LogP contribution in [0.3, 0.4) is 0 Å². The molecule has 1 fully saturated rings. The van der Waals surface area contributed by atoms with Gasteiger partial charge in [-0.15, -0.1) is 0 Å². The van der Waals surface area contributed by atoms with Crippen LogP contribution in [0.2, 0.25) is 0 Å². The van der Waals surface area contributed by atoms with E-state index < -0.39 is 11.8 Å². The minimum Gasteiger partial charge on any atom is -0.398 e. The van der Waals surface area contributed by atoms with Gasteiger partial charge in [-0.2, -0.15) is 0 Å². The Labute approximate surface area is 169 Å². The molecule has 0 saturated carbocycles. The number of rotatable bonds is 3. The largest absolute Gasteiger partial charge is 0.398 e. The summed E-state index contributed by atoms with van der Waals surface area (Å²) in [6.07, 6.45) is 4.25. The lowest BCUT2D eigenvalue weighted by Crippen LogP contribution is -2.46. The Kier molecular flexibility index (Phi) is 5.81. The van der Waals surface area contributed by atoms with Crippen molar-refractivity contribution in [3.63, 3.8) is 0 Å². The minimum atomic E-state index is -0.727. The van der Waals surface area contributed by atoms with Crippen molar-refractivity contribution < 1.29 is 9.59 Å². The fourth-order valence-corrected chi connectivity index (χ4v) is 3.73. The summed E-state index contributed by atoms with van der Waals surface area (Å²) in [5, 5.41) is 10.3. The number of carbonyl (C=O) groups excluding carboxylic acids is 2. The second-order valence-corrected chi connectivity index (χ2v) is 7.53. The van der Waals surface area contributed by atoms with Crippen molar-refractivity contribution in [3.8, 4) is 0 Å². The number of aryl methyl sites for hydroxylation is 1. The van der Waals surface area contributed by atoms with Crippen LogP contribution in [0.4, 0.5) is 17.2 Å². The molecule has 1 aliphatic heterocycles. The first-order valence-electron chi connectivity index (χ1n) is 9.54. The molecular formula is C21H26N6O2. The van der Waals surface area contributed by atoms with Gasteiger partial charge in [0, 0.05) is 24.0 Å². The van der Waals surface area contributed by atoms with E-state index in [2.05, 4.69) is 17.2 Å². The summed E-state index contributed by atoms with van der Waals surface area (Å²) >= 11 is 0. The van der Waals surface area contributed by atoms with Crippen molar-refractivity contribution in [1.29, 1.82) is 5.41 Å². The summed E-state index contributed by atoms with van der Waals surface area (Å²) in [5.74, 6) is -0.697. The monoisotopic (exact) mass is 394 g/mol. The van der Waals surface area contributed by atoms with Gasteiger partial charge >= 0.3 is 11.8 Å². The average Bonchev–Trinajstić information content (AvgIpc) is 2.70. The van der Waals surface area contributed by atoms with E-state index in [1.807, 2.05) is 6.07 Å². The second-order valence-electron chi connectivity index (χ2n) is 7.53. The Hall–Kier alpha value is -3.42. The predicted octanol–water partition coefficient (Wildman–Crippen LogP) is 2.49. The number of hydrogen-bond acceptors (Lipinski definition) is 6. The van der Waals surface area contributed by atoms with Gasteiger partial charge in [0.1, 0.15) is 5.82 Å². The van der Waals surface area contributed by atoms with E-state index in [0.29, 0.717) is 35.7 Å². The third kappa shape index (κ3) is 4.21. The zero-order chi connectivity index (χ0) is 21.1. The fourth-order valence-electron chi connectivity index (χ4n) is 3.73. The fraction of sp³-hybridized carbons (Fsp3) is 0.333. The molecule has 8 nitrogen and oxygen atoms in total. The van der Waals surface area contributed by atoms with Gasteiger partial charge in [-0.1, -0.05) is 19.1 Å². The Morgan fingerprint density at radius 1 is 1.31 bits per heavy atom. The number of pyridine rings is 1. The quantitative estimate of drug-likeness (QED) is 0.360. The van der Waals surface area contributed by atoms with Gasteiger partial charge in [-0.25, -0.2) is 4.98 Å². The highest BCUT2D eigenvalue weighted by Gasteiger charge is 2.35. The highest BCUT2D eigenvalue weighted by atomic mass is 16.2. The van der Waals surface area contributed by atoms with Crippen LogP contribution in [-0.2, 0) is 9.59 Å². The highest BCUT2D eigenvalue weighted by Crippen LogP contribution is 2.36. The van der Waals surface area contributed by atoms with Crippen molar-refractivity contribution in [3.05, 3.63) is 47.2 Å². The van der Waals surface area contributed by atoms with E-state index >= 15 is 0 Å². The number of carbonyl (C=O) groups is 2. The molecule has 1 aromatic heterocycles. The number of hydrogen-bond donors (Lipinski definition) is 4.